The molecule has 84 valence electrons. The Morgan fingerprint density at radius 2 is 2.20 bits per heavy atom. The fraction of sp³-hybridized carbons (Fsp3) is 0.545. The van der Waals surface area contributed by atoms with E-state index in [-0.39, 0.29) is 0 Å². The fourth-order valence-corrected chi connectivity index (χ4v) is 0.914. The monoisotopic (exact) mass is 209 g/mol. The number of nitrogens with one attached hydrogen (secondary N) is 1. The number of nitrogen functional groups attached to an aromatic ring is 1. The first kappa shape index (κ1) is 13.5. The van der Waals surface area contributed by atoms with Gasteiger partial charge in [-0.1, -0.05) is 6.92 Å². The zero-order valence-corrected chi connectivity index (χ0v) is 9.63. The first-order chi connectivity index (χ1) is 7.17. The molecule has 0 bridgehead atoms. The first-order valence-corrected chi connectivity index (χ1v) is 5.08. The van der Waals surface area contributed by atoms with Crippen LogP contribution in [0.1, 0.15) is 31.5 Å². The number of nitrogens with two attached hydrogens (primary N) is 1. The summed E-state index contributed by atoms with van der Waals surface area (Å²) in [4.78, 5) is 2.74. The van der Waals surface area contributed by atoms with Crippen LogP contribution >= 0.6 is 0 Å². The normalized spacial score (nSPS) is 8.93. The highest BCUT2D eigenvalue weighted by atomic mass is 16.5. The summed E-state index contributed by atoms with van der Waals surface area (Å²) >= 11 is 0. The molecular weight excluding hydrogens is 190 g/mol. The molecule has 0 aliphatic carbocycles. The van der Waals surface area contributed by atoms with Crippen molar-refractivity contribution in [2.45, 2.75) is 27.2 Å². The standard InChI is InChI=1S/C6H7N3.C5H12O/c1-4-3-9-5(2-7)6(4)8;1-3-5-6-4-2/h3,9H,8H2,1H3;3-5H2,1-2H3. The van der Waals surface area contributed by atoms with Crippen molar-refractivity contribution in [1.29, 1.82) is 5.26 Å². The highest BCUT2D eigenvalue weighted by molar-refractivity contribution is 5.55. The molecule has 1 heterocycles. The van der Waals surface area contributed by atoms with Crippen molar-refractivity contribution in [2.24, 2.45) is 0 Å². The third kappa shape index (κ3) is 5.08. The van der Waals surface area contributed by atoms with E-state index in [1.807, 2.05) is 19.9 Å². The Morgan fingerprint density at radius 1 is 1.53 bits per heavy atom. The molecule has 0 atom stereocenters. The van der Waals surface area contributed by atoms with Crippen LogP contribution in [-0.2, 0) is 4.74 Å². The van der Waals surface area contributed by atoms with Crippen LogP contribution in [0.25, 0.3) is 0 Å². The van der Waals surface area contributed by atoms with Crippen molar-refractivity contribution in [2.75, 3.05) is 18.9 Å². The summed E-state index contributed by atoms with van der Waals surface area (Å²) in [6.07, 6.45) is 2.85. The van der Waals surface area contributed by atoms with Crippen LogP contribution in [0.15, 0.2) is 6.20 Å². The molecule has 0 aromatic carbocycles. The number of anilines is 1. The zero-order valence-electron chi connectivity index (χ0n) is 9.63. The van der Waals surface area contributed by atoms with Crippen molar-refractivity contribution in [3.63, 3.8) is 0 Å². The van der Waals surface area contributed by atoms with Crippen LogP contribution < -0.4 is 5.73 Å². The summed E-state index contributed by atoms with van der Waals surface area (Å²) in [5.74, 6) is 0. The molecule has 0 unspecified atom stereocenters. The van der Waals surface area contributed by atoms with Gasteiger partial charge in [0.25, 0.3) is 0 Å². The molecule has 0 radical (unpaired) electrons. The van der Waals surface area contributed by atoms with Crippen molar-refractivity contribution >= 4 is 5.69 Å². The maximum absolute atomic E-state index is 8.37. The quantitative estimate of drug-likeness (QED) is 0.749. The molecule has 0 fully saturated rings. The van der Waals surface area contributed by atoms with E-state index in [1.165, 1.54) is 0 Å². The summed E-state index contributed by atoms with van der Waals surface area (Å²) in [7, 11) is 0. The molecule has 4 nitrogen and oxygen atoms in total. The van der Waals surface area contributed by atoms with E-state index in [2.05, 4.69) is 11.9 Å². The van der Waals surface area contributed by atoms with Crippen LogP contribution in [0.5, 0.6) is 0 Å². The number of H-pyrrole nitrogens is 1. The van der Waals surface area contributed by atoms with Gasteiger partial charge in [-0.3, -0.25) is 0 Å². The van der Waals surface area contributed by atoms with Gasteiger partial charge in [0.05, 0.1) is 5.69 Å². The van der Waals surface area contributed by atoms with Gasteiger partial charge in [-0.05, 0) is 25.8 Å². The Balaban J connectivity index is 0.000000288. The van der Waals surface area contributed by atoms with Gasteiger partial charge < -0.3 is 15.5 Å². The topological polar surface area (TPSA) is 74.8 Å². The van der Waals surface area contributed by atoms with Gasteiger partial charge in [-0.2, -0.15) is 5.26 Å². The lowest BCUT2D eigenvalue weighted by molar-refractivity contribution is 0.148. The molecule has 1 rings (SSSR count). The van der Waals surface area contributed by atoms with Crippen LogP contribution in [-0.4, -0.2) is 18.2 Å². The maximum Gasteiger partial charge on any atom is 0.141 e. The molecule has 3 N–H and O–H groups in total. The van der Waals surface area contributed by atoms with E-state index in [4.69, 9.17) is 15.7 Å². The third-order valence-electron chi connectivity index (χ3n) is 1.79. The number of nitriles is 1. The molecular formula is C11H19N3O. The van der Waals surface area contributed by atoms with E-state index in [1.54, 1.807) is 6.20 Å². The predicted octanol–water partition coefficient (Wildman–Crippen LogP) is 2.21. The van der Waals surface area contributed by atoms with Crippen LogP contribution in [0, 0.1) is 18.3 Å². The van der Waals surface area contributed by atoms with E-state index in [0.29, 0.717) is 11.4 Å². The average molecular weight is 209 g/mol. The van der Waals surface area contributed by atoms with E-state index in [0.717, 1.165) is 25.2 Å². The molecule has 4 heteroatoms. The third-order valence-corrected chi connectivity index (χ3v) is 1.79. The lowest BCUT2D eigenvalue weighted by atomic mass is 10.3. The Bertz CT molecular complexity index is 308. The number of ether oxygens (including phenoxy) is 1. The second kappa shape index (κ2) is 7.89. The lowest BCUT2D eigenvalue weighted by Crippen LogP contribution is -1.88. The minimum atomic E-state index is 0.451. The van der Waals surface area contributed by atoms with Gasteiger partial charge in [0.2, 0.25) is 0 Å². The van der Waals surface area contributed by atoms with E-state index >= 15 is 0 Å². The molecule has 0 amide bonds. The lowest BCUT2D eigenvalue weighted by Gasteiger charge is -1.91. The number of nitrogens with zero attached hydrogens (tertiary/aromatic N) is 1. The predicted molar refractivity (Wildman–Crippen MR) is 61.4 cm³/mol. The maximum atomic E-state index is 8.37. The van der Waals surface area contributed by atoms with Gasteiger partial charge in [-0.25, -0.2) is 0 Å². The number of hydrogen-bond donors (Lipinski definition) is 2. The molecule has 1 aromatic heterocycles. The summed E-state index contributed by atoms with van der Waals surface area (Å²) in [5, 5.41) is 8.37. The van der Waals surface area contributed by atoms with Gasteiger partial charge in [0.1, 0.15) is 11.8 Å². The molecule has 0 saturated heterocycles. The number of aryl methyl sites for hydroxylation is 1. The second-order valence-electron chi connectivity index (χ2n) is 3.07. The summed E-state index contributed by atoms with van der Waals surface area (Å²) in [5.41, 5.74) is 7.39. The molecule has 15 heavy (non-hydrogen) atoms. The Hall–Kier alpha value is -1.47. The smallest absolute Gasteiger partial charge is 0.141 e. The van der Waals surface area contributed by atoms with Crippen LogP contribution in [0.2, 0.25) is 0 Å². The number of aromatic amines is 1. The van der Waals surface area contributed by atoms with E-state index in [9.17, 15) is 0 Å². The number of aromatic nitrogens is 1. The van der Waals surface area contributed by atoms with E-state index < -0.39 is 0 Å². The average Bonchev–Trinajstić information content (AvgIpc) is 2.57. The van der Waals surface area contributed by atoms with Gasteiger partial charge in [0.15, 0.2) is 0 Å². The highest BCUT2D eigenvalue weighted by Gasteiger charge is 2.00. The SMILES string of the molecule is CCCOCC.Cc1c[nH]c(C#N)c1N. The summed E-state index contributed by atoms with van der Waals surface area (Å²) < 4.78 is 4.98. The minimum Gasteiger partial charge on any atom is -0.396 e. The molecule has 0 saturated carbocycles. The van der Waals surface area contributed by atoms with Crippen LogP contribution in [0.4, 0.5) is 5.69 Å². The highest BCUT2D eigenvalue weighted by Crippen LogP contribution is 2.12. The Labute approximate surface area is 91.0 Å². The van der Waals surface area contributed by atoms with Crippen molar-refractivity contribution in [1.82, 2.24) is 4.98 Å². The van der Waals surface area contributed by atoms with Gasteiger partial charge >= 0.3 is 0 Å². The number of rotatable bonds is 3. The molecule has 0 aliphatic rings. The molecule has 0 spiro atoms. The summed E-state index contributed by atoms with van der Waals surface area (Å²) in [6, 6.07) is 1.94. The Kier molecular flexibility index (Phi) is 7.12. The van der Waals surface area contributed by atoms with Gasteiger partial charge in [-0.15, -0.1) is 0 Å². The molecule has 0 aliphatic heterocycles. The minimum absolute atomic E-state index is 0.451. The number of hydrogen-bond acceptors (Lipinski definition) is 3. The second-order valence-corrected chi connectivity index (χ2v) is 3.07. The molecule has 1 aromatic rings. The summed E-state index contributed by atoms with van der Waals surface area (Å²) in [6.45, 7) is 7.74. The Morgan fingerprint density at radius 3 is 2.40 bits per heavy atom. The first-order valence-electron chi connectivity index (χ1n) is 5.08. The van der Waals surface area contributed by atoms with Crippen molar-refractivity contribution < 1.29 is 4.74 Å². The largest absolute Gasteiger partial charge is 0.396 e. The zero-order chi connectivity index (χ0) is 11.7. The van der Waals surface area contributed by atoms with Gasteiger partial charge in [0, 0.05) is 19.4 Å². The van der Waals surface area contributed by atoms with Crippen molar-refractivity contribution in [3.05, 3.63) is 17.5 Å². The van der Waals surface area contributed by atoms with Crippen molar-refractivity contribution in [3.8, 4) is 6.07 Å². The fourth-order valence-electron chi connectivity index (χ4n) is 0.914. The van der Waals surface area contributed by atoms with Crippen LogP contribution in [0.3, 0.4) is 0 Å².